The van der Waals surface area contributed by atoms with E-state index in [0.717, 1.165) is 0 Å². The Hall–Kier alpha value is -0.700. The van der Waals surface area contributed by atoms with E-state index in [1.807, 2.05) is 0 Å². The van der Waals surface area contributed by atoms with Crippen molar-refractivity contribution in [3.05, 3.63) is 0 Å². The van der Waals surface area contributed by atoms with Crippen LogP contribution in [0, 0.1) is 5.92 Å². The van der Waals surface area contributed by atoms with Crippen molar-refractivity contribution >= 4 is 11.6 Å². The molecule has 3 nitrogen and oxygen atoms in total. The standard InChI is InChI=1S/C9H16O3/c1-6(2)8(11)9(4,12)5-7(3)10/h6,12H,5H2,1-4H3. The highest BCUT2D eigenvalue weighted by atomic mass is 16.3. The van der Waals surface area contributed by atoms with Crippen LogP contribution in [-0.2, 0) is 9.59 Å². The first-order valence-corrected chi connectivity index (χ1v) is 4.03. The Labute approximate surface area is 72.8 Å². The predicted octanol–water partition coefficient (Wildman–Crippen LogP) is 0.942. The molecule has 0 aliphatic rings. The van der Waals surface area contributed by atoms with Gasteiger partial charge in [0, 0.05) is 12.3 Å². The smallest absolute Gasteiger partial charge is 0.167 e. The van der Waals surface area contributed by atoms with Gasteiger partial charge in [0.15, 0.2) is 5.78 Å². The van der Waals surface area contributed by atoms with Gasteiger partial charge in [-0.2, -0.15) is 0 Å². The van der Waals surface area contributed by atoms with Gasteiger partial charge >= 0.3 is 0 Å². The molecule has 0 spiro atoms. The van der Waals surface area contributed by atoms with Crippen LogP contribution in [0.4, 0.5) is 0 Å². The minimum Gasteiger partial charge on any atom is -0.382 e. The predicted molar refractivity (Wildman–Crippen MR) is 45.8 cm³/mol. The third kappa shape index (κ3) is 3.13. The first kappa shape index (κ1) is 11.3. The van der Waals surface area contributed by atoms with Crippen LogP contribution >= 0.6 is 0 Å². The summed E-state index contributed by atoms with van der Waals surface area (Å²) in [6.45, 7) is 6.16. The van der Waals surface area contributed by atoms with E-state index < -0.39 is 5.60 Å². The molecular weight excluding hydrogens is 156 g/mol. The average Bonchev–Trinajstić information content (AvgIpc) is 1.82. The second-order valence-corrected chi connectivity index (χ2v) is 3.67. The fourth-order valence-electron chi connectivity index (χ4n) is 1.19. The van der Waals surface area contributed by atoms with Gasteiger partial charge in [0.05, 0.1) is 0 Å². The van der Waals surface area contributed by atoms with Crippen molar-refractivity contribution in [3.8, 4) is 0 Å². The Bertz CT molecular complexity index is 192. The van der Waals surface area contributed by atoms with E-state index >= 15 is 0 Å². The highest BCUT2D eigenvalue weighted by Crippen LogP contribution is 2.16. The number of carbonyl (C=O) groups excluding carboxylic acids is 2. The van der Waals surface area contributed by atoms with Crippen LogP contribution in [-0.4, -0.2) is 22.3 Å². The molecule has 0 aromatic carbocycles. The van der Waals surface area contributed by atoms with Gasteiger partial charge in [-0.3, -0.25) is 9.59 Å². The lowest BCUT2D eigenvalue weighted by Gasteiger charge is -2.22. The Kier molecular flexibility index (Phi) is 3.58. The molecule has 0 rings (SSSR count). The molecule has 1 N–H and O–H groups in total. The number of ketones is 2. The monoisotopic (exact) mass is 172 g/mol. The number of hydrogen-bond acceptors (Lipinski definition) is 3. The minimum atomic E-state index is -1.49. The van der Waals surface area contributed by atoms with Gasteiger partial charge in [0.2, 0.25) is 0 Å². The number of rotatable bonds is 4. The van der Waals surface area contributed by atoms with Crippen molar-refractivity contribution in [2.45, 2.75) is 39.7 Å². The van der Waals surface area contributed by atoms with Gasteiger partial charge in [-0.25, -0.2) is 0 Å². The molecule has 0 heterocycles. The Balaban J connectivity index is 4.39. The fraction of sp³-hybridized carbons (Fsp3) is 0.778. The molecule has 0 fully saturated rings. The summed E-state index contributed by atoms with van der Waals surface area (Å²) >= 11 is 0. The van der Waals surface area contributed by atoms with Crippen molar-refractivity contribution < 1.29 is 14.7 Å². The summed E-state index contributed by atoms with van der Waals surface area (Å²) in [6, 6.07) is 0. The number of Topliss-reactive ketones (excluding diaryl/α,β-unsaturated/α-hetero) is 2. The third-order valence-electron chi connectivity index (χ3n) is 1.65. The lowest BCUT2D eigenvalue weighted by molar-refractivity contribution is -0.143. The van der Waals surface area contributed by atoms with E-state index in [2.05, 4.69) is 0 Å². The van der Waals surface area contributed by atoms with E-state index in [-0.39, 0.29) is 23.9 Å². The van der Waals surface area contributed by atoms with Gasteiger partial charge in [0.1, 0.15) is 11.4 Å². The third-order valence-corrected chi connectivity index (χ3v) is 1.65. The molecule has 12 heavy (non-hydrogen) atoms. The van der Waals surface area contributed by atoms with Crippen molar-refractivity contribution in [1.82, 2.24) is 0 Å². The maximum absolute atomic E-state index is 11.3. The summed E-state index contributed by atoms with van der Waals surface area (Å²) < 4.78 is 0. The molecule has 70 valence electrons. The van der Waals surface area contributed by atoms with Crippen LogP contribution in [0.1, 0.15) is 34.1 Å². The van der Waals surface area contributed by atoms with E-state index in [1.165, 1.54) is 13.8 Å². The van der Waals surface area contributed by atoms with Crippen LogP contribution in [0.5, 0.6) is 0 Å². The van der Waals surface area contributed by atoms with Crippen LogP contribution in [0.25, 0.3) is 0 Å². The maximum Gasteiger partial charge on any atom is 0.167 e. The Morgan fingerprint density at radius 3 is 2.08 bits per heavy atom. The minimum absolute atomic E-state index is 0.0932. The molecule has 0 saturated carbocycles. The SMILES string of the molecule is CC(=O)CC(C)(O)C(=O)C(C)C. The van der Waals surface area contributed by atoms with Gasteiger partial charge in [-0.05, 0) is 13.8 Å². The molecule has 0 aliphatic heterocycles. The summed E-state index contributed by atoms with van der Waals surface area (Å²) in [5.41, 5.74) is -1.49. The average molecular weight is 172 g/mol. The van der Waals surface area contributed by atoms with Gasteiger partial charge in [0.25, 0.3) is 0 Å². The molecule has 0 aromatic rings. The molecule has 0 radical (unpaired) electrons. The van der Waals surface area contributed by atoms with Gasteiger partial charge < -0.3 is 5.11 Å². The van der Waals surface area contributed by atoms with Crippen molar-refractivity contribution in [2.24, 2.45) is 5.92 Å². The van der Waals surface area contributed by atoms with Crippen molar-refractivity contribution in [3.63, 3.8) is 0 Å². The summed E-state index contributed by atoms with van der Waals surface area (Å²) in [4.78, 5) is 22.0. The lowest BCUT2D eigenvalue weighted by atomic mass is 9.88. The van der Waals surface area contributed by atoms with Crippen molar-refractivity contribution in [1.29, 1.82) is 0 Å². The second kappa shape index (κ2) is 3.81. The van der Waals surface area contributed by atoms with Crippen LogP contribution < -0.4 is 0 Å². The second-order valence-electron chi connectivity index (χ2n) is 3.67. The Morgan fingerprint density at radius 2 is 1.83 bits per heavy atom. The zero-order valence-corrected chi connectivity index (χ0v) is 8.05. The van der Waals surface area contributed by atoms with Crippen LogP contribution in [0.3, 0.4) is 0 Å². The molecule has 0 saturated heterocycles. The molecule has 0 amide bonds. The molecule has 1 atom stereocenters. The molecule has 3 heteroatoms. The first-order valence-electron chi connectivity index (χ1n) is 4.03. The molecule has 0 bridgehead atoms. The van der Waals surface area contributed by atoms with Crippen LogP contribution in [0.2, 0.25) is 0 Å². The highest BCUT2D eigenvalue weighted by Gasteiger charge is 2.32. The lowest BCUT2D eigenvalue weighted by Crippen LogP contribution is -2.39. The largest absolute Gasteiger partial charge is 0.382 e. The number of carbonyl (C=O) groups is 2. The zero-order valence-electron chi connectivity index (χ0n) is 8.05. The highest BCUT2D eigenvalue weighted by molar-refractivity contribution is 5.93. The summed E-state index contributed by atoms with van der Waals surface area (Å²) in [5.74, 6) is -0.689. The fourth-order valence-corrected chi connectivity index (χ4v) is 1.19. The molecule has 1 unspecified atom stereocenters. The summed E-state index contributed by atoms with van der Waals surface area (Å²) in [6.07, 6.45) is -0.0932. The van der Waals surface area contributed by atoms with E-state index in [4.69, 9.17) is 0 Å². The van der Waals surface area contributed by atoms with E-state index in [1.54, 1.807) is 13.8 Å². The normalized spacial score (nSPS) is 15.8. The number of aliphatic hydroxyl groups is 1. The first-order chi connectivity index (χ1) is 5.27. The van der Waals surface area contributed by atoms with Gasteiger partial charge in [-0.15, -0.1) is 0 Å². The van der Waals surface area contributed by atoms with E-state index in [9.17, 15) is 14.7 Å². The number of hydrogen-bond donors (Lipinski definition) is 1. The van der Waals surface area contributed by atoms with Crippen LogP contribution in [0.15, 0.2) is 0 Å². The topological polar surface area (TPSA) is 54.4 Å². The zero-order chi connectivity index (χ0) is 9.94. The Morgan fingerprint density at radius 1 is 1.42 bits per heavy atom. The van der Waals surface area contributed by atoms with Crippen molar-refractivity contribution in [2.75, 3.05) is 0 Å². The summed E-state index contributed by atoms with van der Waals surface area (Å²) in [5, 5.41) is 9.55. The summed E-state index contributed by atoms with van der Waals surface area (Å²) in [7, 11) is 0. The maximum atomic E-state index is 11.3. The molecule has 0 aromatic heterocycles. The molecular formula is C9H16O3. The molecule has 0 aliphatic carbocycles. The van der Waals surface area contributed by atoms with E-state index in [0.29, 0.717) is 0 Å². The quantitative estimate of drug-likeness (QED) is 0.686. The van der Waals surface area contributed by atoms with Gasteiger partial charge in [-0.1, -0.05) is 13.8 Å².